The van der Waals surface area contributed by atoms with E-state index in [1.165, 1.54) is 22.9 Å². The van der Waals surface area contributed by atoms with Crippen LogP contribution in [0.2, 0.25) is 0 Å². The fraction of sp³-hybridized carbons (Fsp3) is 0.300. The van der Waals surface area contributed by atoms with Crippen LogP contribution >= 0.6 is 11.3 Å². The smallest absolute Gasteiger partial charge is 0.0529 e. The lowest BCUT2D eigenvalue weighted by Gasteiger charge is -1.92. The molecular weight excluding hydrogens is 166 g/mol. The Balaban J connectivity index is 2.30. The Morgan fingerprint density at radius 1 is 1.42 bits per heavy atom. The van der Waals surface area contributed by atoms with Gasteiger partial charge < -0.3 is 0 Å². The molecule has 2 heteroatoms. The van der Waals surface area contributed by atoms with Crippen molar-refractivity contribution in [2.24, 2.45) is 0 Å². The van der Waals surface area contributed by atoms with E-state index in [4.69, 9.17) is 0 Å². The van der Waals surface area contributed by atoms with Gasteiger partial charge in [0.05, 0.1) is 4.70 Å². The highest BCUT2D eigenvalue weighted by molar-refractivity contribution is 7.17. The molecule has 0 N–H and O–H groups in total. The molecule has 1 aliphatic carbocycles. The van der Waals surface area contributed by atoms with E-state index < -0.39 is 0 Å². The van der Waals surface area contributed by atoms with E-state index in [1.807, 2.05) is 23.7 Å². The van der Waals surface area contributed by atoms with E-state index >= 15 is 0 Å². The molecule has 0 amide bonds. The van der Waals surface area contributed by atoms with Gasteiger partial charge in [-0.2, -0.15) is 0 Å². The highest BCUT2D eigenvalue weighted by Gasteiger charge is 2.25. The zero-order chi connectivity index (χ0) is 7.97. The number of pyridine rings is 1. The Labute approximate surface area is 75.1 Å². The Morgan fingerprint density at radius 3 is 3.17 bits per heavy atom. The molecule has 12 heavy (non-hydrogen) atoms. The first-order valence-electron chi connectivity index (χ1n) is 4.26. The number of nitrogens with zero attached hydrogens (tertiary/aromatic N) is 1. The average Bonchev–Trinajstić information content (AvgIpc) is 2.86. The van der Waals surface area contributed by atoms with Crippen molar-refractivity contribution in [3.63, 3.8) is 0 Å². The summed E-state index contributed by atoms with van der Waals surface area (Å²) in [7, 11) is 0. The molecule has 0 radical (unpaired) electrons. The first kappa shape index (κ1) is 6.61. The second-order valence-electron chi connectivity index (χ2n) is 3.34. The van der Waals surface area contributed by atoms with E-state index in [0.717, 1.165) is 5.92 Å². The Hall–Kier alpha value is -0.890. The number of thiophene rings is 1. The molecule has 0 unspecified atom stereocenters. The van der Waals surface area contributed by atoms with Crippen LogP contribution in [-0.2, 0) is 0 Å². The van der Waals surface area contributed by atoms with E-state index in [9.17, 15) is 0 Å². The predicted octanol–water partition coefficient (Wildman–Crippen LogP) is 3.17. The van der Waals surface area contributed by atoms with Crippen molar-refractivity contribution in [1.29, 1.82) is 0 Å². The zero-order valence-corrected chi connectivity index (χ0v) is 7.47. The van der Waals surface area contributed by atoms with Crippen molar-refractivity contribution in [2.45, 2.75) is 18.8 Å². The van der Waals surface area contributed by atoms with Gasteiger partial charge in [-0.1, -0.05) is 0 Å². The molecule has 0 aromatic carbocycles. The summed E-state index contributed by atoms with van der Waals surface area (Å²) in [5, 5.41) is 3.72. The van der Waals surface area contributed by atoms with Crippen LogP contribution in [0.1, 0.15) is 24.3 Å². The first-order valence-corrected chi connectivity index (χ1v) is 5.14. The van der Waals surface area contributed by atoms with Crippen LogP contribution in [0.15, 0.2) is 23.8 Å². The maximum absolute atomic E-state index is 4.12. The summed E-state index contributed by atoms with van der Waals surface area (Å²) in [5.41, 5.74) is 1.55. The third-order valence-corrected chi connectivity index (χ3v) is 3.38. The maximum atomic E-state index is 4.12. The van der Waals surface area contributed by atoms with Gasteiger partial charge >= 0.3 is 0 Å². The number of aromatic nitrogens is 1. The second-order valence-corrected chi connectivity index (χ2v) is 4.25. The largest absolute Gasteiger partial charge is 0.263 e. The van der Waals surface area contributed by atoms with Crippen molar-refractivity contribution in [3.05, 3.63) is 29.4 Å². The standard InChI is InChI=1S/C10H9NS/c1-2-7(1)9-6-12-10-5-11-4-3-8(9)10/h3-7H,1-2H2. The third-order valence-electron chi connectivity index (χ3n) is 2.43. The maximum Gasteiger partial charge on any atom is 0.0529 e. The van der Waals surface area contributed by atoms with Crippen molar-refractivity contribution in [2.75, 3.05) is 0 Å². The zero-order valence-electron chi connectivity index (χ0n) is 6.66. The average molecular weight is 175 g/mol. The summed E-state index contributed by atoms with van der Waals surface area (Å²) in [6.45, 7) is 0. The van der Waals surface area contributed by atoms with Crippen molar-refractivity contribution in [1.82, 2.24) is 4.98 Å². The number of fused-ring (bicyclic) bond motifs is 1. The molecule has 0 bridgehead atoms. The molecule has 2 aromatic rings. The van der Waals surface area contributed by atoms with Crippen LogP contribution < -0.4 is 0 Å². The molecule has 1 nitrogen and oxygen atoms in total. The van der Waals surface area contributed by atoms with Crippen LogP contribution in [0.25, 0.3) is 10.1 Å². The third kappa shape index (κ3) is 0.879. The van der Waals surface area contributed by atoms with E-state index in [2.05, 4.69) is 16.4 Å². The van der Waals surface area contributed by atoms with Gasteiger partial charge in [0.2, 0.25) is 0 Å². The van der Waals surface area contributed by atoms with Gasteiger partial charge in [-0.3, -0.25) is 4.98 Å². The summed E-state index contributed by atoms with van der Waals surface area (Å²) >= 11 is 1.82. The summed E-state index contributed by atoms with van der Waals surface area (Å²) in [4.78, 5) is 4.12. The minimum Gasteiger partial charge on any atom is -0.263 e. The molecule has 0 atom stereocenters. The Kier molecular flexibility index (Phi) is 1.27. The molecule has 1 aliphatic rings. The summed E-state index contributed by atoms with van der Waals surface area (Å²) in [6.07, 6.45) is 6.62. The van der Waals surface area contributed by atoms with E-state index in [0.29, 0.717) is 0 Å². The van der Waals surface area contributed by atoms with Gasteiger partial charge in [0.15, 0.2) is 0 Å². The monoisotopic (exact) mass is 175 g/mol. The van der Waals surface area contributed by atoms with Crippen molar-refractivity contribution in [3.8, 4) is 0 Å². The summed E-state index contributed by atoms with van der Waals surface area (Å²) in [6, 6.07) is 2.14. The molecular formula is C10H9NS. The van der Waals surface area contributed by atoms with Gasteiger partial charge in [0, 0.05) is 12.4 Å². The molecule has 60 valence electrons. The minimum atomic E-state index is 0.862. The fourth-order valence-corrected chi connectivity index (χ4v) is 2.62. The second kappa shape index (κ2) is 2.30. The lowest BCUT2D eigenvalue weighted by molar-refractivity contribution is 1.16. The van der Waals surface area contributed by atoms with Crippen molar-refractivity contribution >= 4 is 21.4 Å². The van der Waals surface area contributed by atoms with Gasteiger partial charge in [-0.25, -0.2) is 0 Å². The normalized spacial score (nSPS) is 17.0. The van der Waals surface area contributed by atoms with Gasteiger partial charge in [-0.15, -0.1) is 11.3 Å². The van der Waals surface area contributed by atoms with Gasteiger partial charge in [-0.05, 0) is 41.2 Å². The van der Waals surface area contributed by atoms with Gasteiger partial charge in [0.25, 0.3) is 0 Å². The molecule has 2 heterocycles. The van der Waals surface area contributed by atoms with Crippen LogP contribution in [0, 0.1) is 0 Å². The van der Waals surface area contributed by atoms with Gasteiger partial charge in [0.1, 0.15) is 0 Å². The van der Waals surface area contributed by atoms with E-state index in [1.54, 1.807) is 5.56 Å². The molecule has 1 fully saturated rings. The molecule has 0 saturated heterocycles. The van der Waals surface area contributed by atoms with Crippen molar-refractivity contribution < 1.29 is 0 Å². The molecule has 1 saturated carbocycles. The molecule has 0 aliphatic heterocycles. The predicted molar refractivity (Wildman–Crippen MR) is 51.6 cm³/mol. The minimum absolute atomic E-state index is 0.862. The SMILES string of the molecule is c1cc2c(C3CC3)csc2cn1. The topological polar surface area (TPSA) is 12.9 Å². The van der Waals surface area contributed by atoms with Crippen LogP contribution in [0.3, 0.4) is 0 Å². The lowest BCUT2D eigenvalue weighted by Crippen LogP contribution is -1.74. The number of hydrogen-bond donors (Lipinski definition) is 0. The van der Waals surface area contributed by atoms with Crippen LogP contribution in [0.4, 0.5) is 0 Å². The lowest BCUT2D eigenvalue weighted by atomic mass is 10.1. The summed E-state index contributed by atoms with van der Waals surface area (Å²) < 4.78 is 1.33. The number of hydrogen-bond acceptors (Lipinski definition) is 2. The fourth-order valence-electron chi connectivity index (χ4n) is 1.61. The summed E-state index contributed by atoms with van der Waals surface area (Å²) in [5.74, 6) is 0.862. The molecule has 0 spiro atoms. The quantitative estimate of drug-likeness (QED) is 0.648. The first-order chi connectivity index (χ1) is 5.95. The van der Waals surface area contributed by atoms with E-state index in [-0.39, 0.29) is 0 Å². The Bertz CT molecular complexity index is 414. The highest BCUT2D eigenvalue weighted by atomic mass is 32.1. The number of rotatable bonds is 1. The molecule has 3 rings (SSSR count). The highest BCUT2D eigenvalue weighted by Crippen LogP contribution is 2.44. The van der Waals surface area contributed by atoms with Crippen LogP contribution in [0.5, 0.6) is 0 Å². The molecule has 2 aromatic heterocycles. The Morgan fingerprint density at radius 2 is 2.33 bits per heavy atom. The van der Waals surface area contributed by atoms with Crippen LogP contribution in [-0.4, -0.2) is 4.98 Å².